The molecule has 0 aromatic carbocycles. The van der Waals surface area contributed by atoms with Crippen molar-refractivity contribution in [3.8, 4) is 0 Å². The van der Waals surface area contributed by atoms with E-state index >= 15 is 0 Å². The first-order chi connectivity index (χ1) is 8.55. The summed E-state index contributed by atoms with van der Waals surface area (Å²) in [7, 11) is -3.18. The van der Waals surface area contributed by atoms with Crippen LogP contribution in [-0.4, -0.2) is 45.0 Å². The average Bonchev–Trinajstić information content (AvgIpc) is 2.24. The van der Waals surface area contributed by atoms with Crippen molar-refractivity contribution in [2.45, 2.75) is 64.1 Å². The SMILES string of the molecule is CCC1(C)CC(NCC(C)(C)NS(C)(=O)=O)CCO1. The van der Waals surface area contributed by atoms with Crippen LogP contribution < -0.4 is 10.0 Å². The van der Waals surface area contributed by atoms with Crippen molar-refractivity contribution in [1.82, 2.24) is 10.0 Å². The number of rotatable bonds is 6. The molecule has 2 atom stereocenters. The fourth-order valence-electron chi connectivity index (χ4n) is 2.49. The Morgan fingerprint density at radius 2 is 2.05 bits per heavy atom. The highest BCUT2D eigenvalue weighted by Crippen LogP contribution is 2.27. The molecule has 19 heavy (non-hydrogen) atoms. The maximum Gasteiger partial charge on any atom is 0.209 e. The largest absolute Gasteiger partial charge is 0.375 e. The van der Waals surface area contributed by atoms with Gasteiger partial charge in [-0.1, -0.05) is 6.92 Å². The summed E-state index contributed by atoms with van der Waals surface area (Å²) >= 11 is 0. The molecule has 6 heteroatoms. The summed E-state index contributed by atoms with van der Waals surface area (Å²) in [6.45, 7) is 9.43. The topological polar surface area (TPSA) is 67.4 Å². The zero-order chi connectivity index (χ0) is 14.7. The van der Waals surface area contributed by atoms with Crippen molar-refractivity contribution in [3.63, 3.8) is 0 Å². The third kappa shape index (κ3) is 6.21. The summed E-state index contributed by atoms with van der Waals surface area (Å²) in [5.74, 6) is 0. The van der Waals surface area contributed by atoms with Crippen molar-refractivity contribution < 1.29 is 13.2 Å². The van der Waals surface area contributed by atoms with Gasteiger partial charge in [-0.3, -0.25) is 0 Å². The molecule has 1 saturated heterocycles. The quantitative estimate of drug-likeness (QED) is 0.773. The minimum Gasteiger partial charge on any atom is -0.375 e. The molecule has 2 N–H and O–H groups in total. The number of ether oxygens (including phenoxy) is 1. The second kappa shape index (κ2) is 6.08. The van der Waals surface area contributed by atoms with Crippen molar-refractivity contribution in [2.24, 2.45) is 0 Å². The summed E-state index contributed by atoms with van der Waals surface area (Å²) in [5, 5.41) is 3.47. The van der Waals surface area contributed by atoms with Gasteiger partial charge in [-0.05, 0) is 40.0 Å². The molecular formula is C13H28N2O3S. The minimum absolute atomic E-state index is 0.0513. The fourth-order valence-corrected chi connectivity index (χ4v) is 3.56. The van der Waals surface area contributed by atoms with E-state index in [0.717, 1.165) is 25.9 Å². The molecule has 1 aliphatic rings. The third-order valence-corrected chi connectivity index (χ3v) is 4.56. The van der Waals surface area contributed by atoms with Gasteiger partial charge in [-0.2, -0.15) is 0 Å². The molecule has 0 aromatic heterocycles. The maximum atomic E-state index is 11.3. The van der Waals surface area contributed by atoms with E-state index in [2.05, 4.69) is 23.9 Å². The van der Waals surface area contributed by atoms with E-state index in [4.69, 9.17) is 4.74 Å². The Hall–Kier alpha value is -0.170. The van der Waals surface area contributed by atoms with Crippen molar-refractivity contribution >= 4 is 10.0 Å². The van der Waals surface area contributed by atoms with E-state index in [0.29, 0.717) is 12.6 Å². The van der Waals surface area contributed by atoms with Crippen LogP contribution in [0.2, 0.25) is 0 Å². The Morgan fingerprint density at radius 1 is 1.42 bits per heavy atom. The first-order valence-electron chi connectivity index (χ1n) is 6.91. The fraction of sp³-hybridized carbons (Fsp3) is 1.00. The Kier molecular flexibility index (Phi) is 5.40. The van der Waals surface area contributed by atoms with Crippen molar-refractivity contribution in [2.75, 3.05) is 19.4 Å². The van der Waals surface area contributed by atoms with Gasteiger partial charge in [0.2, 0.25) is 10.0 Å². The Labute approximate surface area is 117 Å². The van der Waals surface area contributed by atoms with Gasteiger partial charge in [-0.25, -0.2) is 13.1 Å². The van der Waals surface area contributed by atoms with Crippen LogP contribution in [0.1, 0.15) is 47.0 Å². The van der Waals surface area contributed by atoms with Crippen LogP contribution in [0.3, 0.4) is 0 Å². The van der Waals surface area contributed by atoms with E-state index in [-0.39, 0.29) is 5.60 Å². The molecule has 0 spiro atoms. The summed E-state index contributed by atoms with van der Waals surface area (Å²) in [6.07, 6.45) is 4.14. The first-order valence-corrected chi connectivity index (χ1v) is 8.81. The maximum absolute atomic E-state index is 11.3. The molecule has 1 aliphatic heterocycles. The van der Waals surface area contributed by atoms with Gasteiger partial charge >= 0.3 is 0 Å². The highest BCUT2D eigenvalue weighted by Gasteiger charge is 2.32. The molecule has 0 bridgehead atoms. The molecule has 5 nitrogen and oxygen atoms in total. The van der Waals surface area contributed by atoms with E-state index in [1.807, 2.05) is 13.8 Å². The van der Waals surface area contributed by atoms with Gasteiger partial charge in [0.15, 0.2) is 0 Å². The van der Waals surface area contributed by atoms with Gasteiger partial charge in [0.05, 0.1) is 11.9 Å². The van der Waals surface area contributed by atoms with E-state index in [9.17, 15) is 8.42 Å². The van der Waals surface area contributed by atoms with Crippen LogP contribution in [0.15, 0.2) is 0 Å². The Bertz CT molecular complexity index is 395. The van der Waals surface area contributed by atoms with Crippen molar-refractivity contribution in [3.05, 3.63) is 0 Å². The Balaban J connectivity index is 2.48. The summed E-state index contributed by atoms with van der Waals surface area (Å²) < 4.78 is 31.0. The van der Waals surface area contributed by atoms with Gasteiger partial charge < -0.3 is 10.1 Å². The van der Waals surface area contributed by atoms with Crippen LogP contribution in [0.4, 0.5) is 0 Å². The Morgan fingerprint density at radius 3 is 2.58 bits per heavy atom. The molecule has 0 aromatic rings. The monoisotopic (exact) mass is 292 g/mol. The van der Waals surface area contributed by atoms with Gasteiger partial charge in [0.25, 0.3) is 0 Å². The van der Waals surface area contributed by atoms with Gasteiger partial charge in [0.1, 0.15) is 0 Å². The average molecular weight is 292 g/mol. The lowest BCUT2D eigenvalue weighted by atomic mass is 9.89. The highest BCUT2D eigenvalue weighted by atomic mass is 32.2. The third-order valence-electron chi connectivity index (χ3n) is 3.64. The van der Waals surface area contributed by atoms with Gasteiger partial charge in [-0.15, -0.1) is 0 Å². The lowest BCUT2D eigenvalue weighted by Gasteiger charge is -2.39. The second-order valence-corrected chi connectivity index (χ2v) is 8.23. The molecule has 2 unspecified atom stereocenters. The molecule has 0 radical (unpaired) electrons. The lowest BCUT2D eigenvalue weighted by Crippen LogP contribution is -2.54. The molecule has 1 fully saturated rings. The summed E-state index contributed by atoms with van der Waals surface area (Å²) in [4.78, 5) is 0. The first kappa shape index (κ1) is 16.9. The van der Waals surface area contributed by atoms with E-state index < -0.39 is 15.6 Å². The van der Waals surface area contributed by atoms with Crippen LogP contribution in [0, 0.1) is 0 Å². The molecule has 0 aliphatic carbocycles. The molecular weight excluding hydrogens is 264 g/mol. The van der Waals surface area contributed by atoms with Crippen LogP contribution in [-0.2, 0) is 14.8 Å². The number of hydrogen-bond donors (Lipinski definition) is 2. The predicted octanol–water partition coefficient (Wildman–Crippen LogP) is 1.25. The summed E-state index contributed by atoms with van der Waals surface area (Å²) in [6, 6.07) is 0.388. The normalized spacial score (nSPS) is 29.4. The highest BCUT2D eigenvalue weighted by molar-refractivity contribution is 7.88. The lowest BCUT2D eigenvalue weighted by molar-refractivity contribution is -0.0783. The predicted molar refractivity (Wildman–Crippen MR) is 77.7 cm³/mol. The molecule has 1 heterocycles. The second-order valence-electron chi connectivity index (χ2n) is 6.48. The zero-order valence-corrected chi connectivity index (χ0v) is 13.6. The number of nitrogens with one attached hydrogen (secondary N) is 2. The molecule has 114 valence electrons. The van der Waals surface area contributed by atoms with E-state index in [1.165, 1.54) is 6.26 Å². The molecule has 1 rings (SSSR count). The van der Waals surface area contributed by atoms with Crippen LogP contribution >= 0.6 is 0 Å². The minimum atomic E-state index is -3.18. The van der Waals surface area contributed by atoms with Crippen LogP contribution in [0.5, 0.6) is 0 Å². The zero-order valence-electron chi connectivity index (χ0n) is 12.7. The van der Waals surface area contributed by atoms with Crippen molar-refractivity contribution in [1.29, 1.82) is 0 Å². The number of hydrogen-bond acceptors (Lipinski definition) is 4. The number of sulfonamides is 1. The standard InChI is InChI=1S/C13H28N2O3S/c1-6-13(4)9-11(7-8-18-13)14-10-12(2,3)15-19(5,16)17/h11,14-15H,6-10H2,1-5H3. The molecule has 0 saturated carbocycles. The van der Waals surface area contributed by atoms with Gasteiger partial charge in [0, 0.05) is 24.7 Å². The summed E-state index contributed by atoms with van der Waals surface area (Å²) in [5.41, 5.74) is -0.529. The molecule has 0 amide bonds. The smallest absolute Gasteiger partial charge is 0.209 e. The van der Waals surface area contributed by atoms with E-state index in [1.54, 1.807) is 0 Å². The van der Waals surface area contributed by atoms with Crippen LogP contribution in [0.25, 0.3) is 0 Å².